The summed E-state index contributed by atoms with van der Waals surface area (Å²) in [5.74, 6) is -0.736. The van der Waals surface area contributed by atoms with Crippen molar-refractivity contribution >= 4 is 38.7 Å². The summed E-state index contributed by atoms with van der Waals surface area (Å²) in [6.07, 6.45) is 0. The largest absolute Gasteiger partial charge is 0.462 e. The third-order valence-corrected chi connectivity index (χ3v) is 5.44. The van der Waals surface area contributed by atoms with Crippen molar-refractivity contribution in [3.63, 3.8) is 0 Å². The Morgan fingerprint density at radius 3 is 2.62 bits per heavy atom. The predicted molar refractivity (Wildman–Crippen MR) is 109 cm³/mol. The van der Waals surface area contributed by atoms with Gasteiger partial charge in [0.05, 0.1) is 30.7 Å². The van der Waals surface area contributed by atoms with Crippen molar-refractivity contribution in [1.82, 2.24) is 9.61 Å². The van der Waals surface area contributed by atoms with Crippen molar-refractivity contribution in [3.05, 3.63) is 56.6 Å². The third kappa shape index (κ3) is 2.52. The number of nitrogens with zero attached hydrogens (tertiary/aromatic N) is 2. The molecule has 1 aliphatic heterocycles. The molecule has 0 saturated carbocycles. The van der Waals surface area contributed by atoms with E-state index >= 15 is 0 Å². The molecule has 148 valence electrons. The van der Waals surface area contributed by atoms with E-state index in [1.54, 1.807) is 13.0 Å². The highest BCUT2D eigenvalue weighted by atomic mass is 16.5. The monoisotopic (exact) mass is 393 g/mol. The number of esters is 1. The van der Waals surface area contributed by atoms with Crippen LogP contribution < -0.4 is 16.0 Å². The number of morpholine rings is 1. The van der Waals surface area contributed by atoms with Gasteiger partial charge in [0.1, 0.15) is 0 Å². The molecule has 0 amide bonds. The SMILES string of the molecule is CCOC(=O)c1c(=O)[nH]n2c(=O)c3cccc4c(N5CCOCC5)ccc(c43)c12. The minimum absolute atomic E-state index is 0.138. The number of hydrogen-bond donors (Lipinski definition) is 1. The number of carbonyl (C=O) groups excluding carboxylic acids is 1. The summed E-state index contributed by atoms with van der Waals surface area (Å²) in [5, 5.41) is 5.30. The first-order valence-corrected chi connectivity index (χ1v) is 9.57. The van der Waals surface area contributed by atoms with Crippen LogP contribution in [0.2, 0.25) is 0 Å². The van der Waals surface area contributed by atoms with E-state index < -0.39 is 11.5 Å². The average molecular weight is 393 g/mol. The van der Waals surface area contributed by atoms with E-state index in [9.17, 15) is 14.4 Å². The number of hydrogen-bond acceptors (Lipinski definition) is 6. The number of fused-ring (bicyclic) bond motifs is 2. The predicted octanol–water partition coefficient (Wildman–Crippen LogP) is 1.75. The molecule has 1 fully saturated rings. The Kier molecular flexibility index (Phi) is 4.02. The molecular weight excluding hydrogens is 374 g/mol. The quantitative estimate of drug-likeness (QED) is 0.533. The molecule has 1 aliphatic rings. The lowest BCUT2D eigenvalue weighted by atomic mass is 9.98. The Morgan fingerprint density at radius 2 is 1.86 bits per heavy atom. The number of nitrogens with one attached hydrogen (secondary N) is 1. The zero-order valence-electron chi connectivity index (χ0n) is 15.9. The van der Waals surface area contributed by atoms with E-state index in [1.165, 1.54) is 0 Å². The van der Waals surface area contributed by atoms with Gasteiger partial charge in [-0.2, -0.15) is 0 Å². The van der Waals surface area contributed by atoms with Gasteiger partial charge in [-0.3, -0.25) is 14.7 Å². The number of aromatic nitrogens is 2. The Bertz CT molecular complexity index is 1360. The highest BCUT2D eigenvalue weighted by Crippen LogP contribution is 2.35. The Labute approximate surface area is 164 Å². The van der Waals surface area contributed by atoms with Crippen molar-refractivity contribution in [2.75, 3.05) is 37.8 Å². The molecule has 8 nitrogen and oxygen atoms in total. The van der Waals surface area contributed by atoms with Gasteiger partial charge in [0, 0.05) is 34.9 Å². The smallest absolute Gasteiger partial charge is 0.346 e. The highest BCUT2D eigenvalue weighted by Gasteiger charge is 2.25. The number of H-pyrrole nitrogens is 1. The molecule has 0 unspecified atom stereocenters. The Morgan fingerprint density at radius 1 is 1.10 bits per heavy atom. The lowest BCUT2D eigenvalue weighted by molar-refractivity contribution is 0.0527. The van der Waals surface area contributed by atoms with Crippen molar-refractivity contribution < 1.29 is 14.3 Å². The molecule has 0 aliphatic carbocycles. The first kappa shape index (κ1) is 17.7. The molecule has 0 atom stereocenters. The van der Waals surface area contributed by atoms with E-state index in [0.717, 1.165) is 34.1 Å². The summed E-state index contributed by atoms with van der Waals surface area (Å²) in [4.78, 5) is 40.3. The van der Waals surface area contributed by atoms with Gasteiger partial charge in [-0.1, -0.05) is 18.2 Å². The standard InChI is InChI=1S/C21H19N3O5/c1-2-29-21(27)17-18-13-6-7-15(23-8-10-28-11-9-23)12-4-3-5-14(16(12)13)20(26)24(18)22-19(17)25/h3-7H,2,8-11H2,1H3,(H,22,25). The van der Waals surface area contributed by atoms with Crippen LogP contribution in [0.25, 0.3) is 27.1 Å². The maximum absolute atomic E-state index is 13.1. The fourth-order valence-corrected chi connectivity index (χ4v) is 4.20. The van der Waals surface area contributed by atoms with Crippen molar-refractivity contribution in [1.29, 1.82) is 0 Å². The van der Waals surface area contributed by atoms with Crippen molar-refractivity contribution in [2.24, 2.45) is 0 Å². The molecular formula is C21H19N3O5. The van der Waals surface area contributed by atoms with E-state index in [1.807, 2.05) is 24.3 Å². The van der Waals surface area contributed by atoms with E-state index in [4.69, 9.17) is 9.47 Å². The number of aromatic amines is 1. The van der Waals surface area contributed by atoms with Gasteiger partial charge < -0.3 is 14.4 Å². The average Bonchev–Trinajstić information content (AvgIpc) is 3.10. The number of carbonyl (C=O) groups is 1. The summed E-state index contributed by atoms with van der Waals surface area (Å²) in [5.41, 5.74) is 0.117. The van der Waals surface area contributed by atoms with Crippen molar-refractivity contribution in [3.8, 4) is 0 Å². The van der Waals surface area contributed by atoms with Crippen LogP contribution in [0, 0.1) is 0 Å². The molecule has 0 spiro atoms. The van der Waals surface area contributed by atoms with Gasteiger partial charge >= 0.3 is 5.97 Å². The zero-order valence-corrected chi connectivity index (χ0v) is 15.9. The van der Waals surface area contributed by atoms with Crippen LogP contribution in [-0.2, 0) is 9.47 Å². The van der Waals surface area contributed by atoms with Crippen LogP contribution >= 0.6 is 0 Å². The molecule has 0 bridgehead atoms. The summed E-state index contributed by atoms with van der Waals surface area (Å²) >= 11 is 0. The maximum atomic E-state index is 13.1. The zero-order chi connectivity index (χ0) is 20.1. The summed E-state index contributed by atoms with van der Waals surface area (Å²) in [6.45, 7) is 4.62. The second-order valence-electron chi connectivity index (χ2n) is 6.99. The van der Waals surface area contributed by atoms with E-state index in [-0.39, 0.29) is 23.2 Å². The fourth-order valence-electron chi connectivity index (χ4n) is 4.20. The molecule has 4 aromatic rings. The summed E-state index contributed by atoms with van der Waals surface area (Å²) < 4.78 is 11.7. The van der Waals surface area contributed by atoms with Gasteiger partial charge in [0.2, 0.25) is 0 Å². The minimum atomic E-state index is -0.736. The van der Waals surface area contributed by atoms with Gasteiger partial charge in [0.15, 0.2) is 5.56 Å². The normalized spacial score (nSPS) is 14.9. The second-order valence-corrected chi connectivity index (χ2v) is 6.99. The first-order chi connectivity index (χ1) is 14.1. The van der Waals surface area contributed by atoms with Crippen LogP contribution in [0.4, 0.5) is 5.69 Å². The van der Waals surface area contributed by atoms with Crippen LogP contribution in [0.1, 0.15) is 17.3 Å². The summed E-state index contributed by atoms with van der Waals surface area (Å²) in [6, 6.07) is 9.37. The lowest BCUT2D eigenvalue weighted by Gasteiger charge is -2.30. The molecule has 5 rings (SSSR count). The van der Waals surface area contributed by atoms with E-state index in [2.05, 4.69) is 10.00 Å². The number of pyridine rings is 1. The van der Waals surface area contributed by atoms with E-state index in [0.29, 0.717) is 24.0 Å². The maximum Gasteiger partial charge on any atom is 0.346 e. The molecule has 29 heavy (non-hydrogen) atoms. The molecule has 1 N–H and O–H groups in total. The van der Waals surface area contributed by atoms with Crippen LogP contribution in [0.5, 0.6) is 0 Å². The molecule has 1 saturated heterocycles. The van der Waals surface area contributed by atoms with Gasteiger partial charge in [-0.25, -0.2) is 9.31 Å². The first-order valence-electron chi connectivity index (χ1n) is 9.57. The molecule has 2 aromatic carbocycles. The van der Waals surface area contributed by atoms with Gasteiger partial charge in [0.25, 0.3) is 11.1 Å². The molecule has 8 heteroatoms. The van der Waals surface area contributed by atoms with Crippen LogP contribution in [-0.4, -0.2) is 48.5 Å². The third-order valence-electron chi connectivity index (χ3n) is 5.44. The number of ether oxygens (including phenoxy) is 2. The lowest BCUT2D eigenvalue weighted by Crippen LogP contribution is -2.36. The number of rotatable bonds is 3. The summed E-state index contributed by atoms with van der Waals surface area (Å²) in [7, 11) is 0. The highest BCUT2D eigenvalue weighted by molar-refractivity contribution is 6.21. The topological polar surface area (TPSA) is 93.1 Å². The molecule has 2 aromatic heterocycles. The van der Waals surface area contributed by atoms with Crippen molar-refractivity contribution in [2.45, 2.75) is 6.92 Å². The number of anilines is 1. The number of benzene rings is 2. The minimum Gasteiger partial charge on any atom is -0.462 e. The second kappa shape index (κ2) is 6.59. The molecule has 3 heterocycles. The van der Waals surface area contributed by atoms with Crippen LogP contribution in [0.3, 0.4) is 0 Å². The Hall–Kier alpha value is -3.39. The fraction of sp³-hybridized carbons (Fsp3) is 0.286. The Balaban J connectivity index is 1.91. The van der Waals surface area contributed by atoms with Crippen LogP contribution in [0.15, 0.2) is 39.9 Å². The van der Waals surface area contributed by atoms with Gasteiger partial charge in [-0.05, 0) is 19.1 Å². The van der Waals surface area contributed by atoms with Gasteiger partial charge in [-0.15, -0.1) is 0 Å². The molecule has 0 radical (unpaired) electrons.